The van der Waals surface area contributed by atoms with Crippen molar-refractivity contribution in [2.75, 3.05) is 14.1 Å². The molecule has 0 saturated heterocycles. The van der Waals surface area contributed by atoms with Crippen molar-refractivity contribution in [2.24, 2.45) is 0 Å². The third kappa shape index (κ3) is 4.23. The van der Waals surface area contributed by atoms with E-state index >= 15 is 0 Å². The Balaban J connectivity index is 1.96. The summed E-state index contributed by atoms with van der Waals surface area (Å²) in [6.07, 6.45) is 1.66. The number of carbonyl (C=O) groups is 1. The van der Waals surface area contributed by atoms with E-state index < -0.39 is 10.0 Å². The highest BCUT2D eigenvalue weighted by molar-refractivity contribution is 7.89. The number of nitrogens with one attached hydrogen (secondary N) is 1. The van der Waals surface area contributed by atoms with Crippen LogP contribution in [-0.2, 0) is 23.1 Å². The minimum Gasteiger partial charge on any atom is -0.347 e. The number of allylic oxidation sites excluding steroid dienone is 1. The molecule has 6 nitrogen and oxygen atoms in total. The van der Waals surface area contributed by atoms with Crippen LogP contribution in [-0.4, -0.2) is 37.3 Å². The molecule has 29 heavy (non-hydrogen) atoms. The largest absolute Gasteiger partial charge is 0.347 e. The van der Waals surface area contributed by atoms with Gasteiger partial charge in [-0.2, -0.15) is 0 Å². The molecule has 0 aliphatic rings. The van der Waals surface area contributed by atoms with E-state index in [4.69, 9.17) is 0 Å². The molecule has 0 fully saturated rings. The Bertz CT molecular complexity index is 1180. The van der Waals surface area contributed by atoms with Crippen molar-refractivity contribution in [3.63, 3.8) is 0 Å². The van der Waals surface area contributed by atoms with E-state index in [1.807, 2.05) is 0 Å². The van der Waals surface area contributed by atoms with Crippen molar-refractivity contribution in [3.05, 3.63) is 78.3 Å². The van der Waals surface area contributed by atoms with Crippen LogP contribution in [0.2, 0.25) is 0 Å². The van der Waals surface area contributed by atoms with Crippen LogP contribution in [0.1, 0.15) is 16.1 Å². The van der Waals surface area contributed by atoms with E-state index in [1.165, 1.54) is 32.3 Å². The van der Waals surface area contributed by atoms with E-state index in [0.29, 0.717) is 23.2 Å². The number of hydrogen-bond acceptors (Lipinski definition) is 3. The molecule has 0 spiro atoms. The number of sulfonamides is 1. The molecule has 8 heteroatoms. The van der Waals surface area contributed by atoms with Gasteiger partial charge in [-0.15, -0.1) is 6.58 Å². The molecule has 2 aromatic carbocycles. The highest BCUT2D eigenvalue weighted by Crippen LogP contribution is 2.25. The van der Waals surface area contributed by atoms with Gasteiger partial charge in [0.1, 0.15) is 11.5 Å². The fourth-order valence-electron chi connectivity index (χ4n) is 3.05. The Morgan fingerprint density at radius 1 is 1.21 bits per heavy atom. The normalized spacial score (nSPS) is 11.7. The van der Waals surface area contributed by atoms with Gasteiger partial charge in [-0.05, 0) is 42.0 Å². The zero-order valence-corrected chi connectivity index (χ0v) is 17.0. The Kier molecular flexibility index (Phi) is 5.86. The molecule has 3 rings (SSSR count). The van der Waals surface area contributed by atoms with E-state index in [1.54, 1.807) is 41.0 Å². The molecule has 0 radical (unpaired) electrons. The van der Waals surface area contributed by atoms with Crippen molar-refractivity contribution in [2.45, 2.75) is 18.0 Å². The zero-order valence-electron chi connectivity index (χ0n) is 16.2. The van der Waals surface area contributed by atoms with Crippen LogP contribution in [0, 0.1) is 5.82 Å². The van der Waals surface area contributed by atoms with Gasteiger partial charge in [0, 0.05) is 38.1 Å². The van der Waals surface area contributed by atoms with E-state index in [9.17, 15) is 17.6 Å². The number of fused-ring (bicyclic) bond motifs is 1. The number of halogens is 1. The van der Waals surface area contributed by atoms with Crippen molar-refractivity contribution in [1.29, 1.82) is 0 Å². The summed E-state index contributed by atoms with van der Waals surface area (Å²) in [7, 11) is -0.655. The first-order chi connectivity index (χ1) is 13.7. The summed E-state index contributed by atoms with van der Waals surface area (Å²) in [6.45, 7) is 4.28. The number of rotatable bonds is 7. The topological polar surface area (TPSA) is 71.4 Å². The molecule has 0 aliphatic carbocycles. The molecule has 1 aromatic heterocycles. The van der Waals surface area contributed by atoms with Crippen LogP contribution in [0.5, 0.6) is 0 Å². The summed E-state index contributed by atoms with van der Waals surface area (Å²) < 4.78 is 41.0. The standard InChI is InChI=1S/C21H22FN3O3S/c1-4-10-25-19-9-8-18(29(27,28)24(2)3)12-16(19)13-20(25)21(26)23-14-15-6-5-7-17(22)11-15/h4-9,11-13H,1,10,14H2,2-3H3,(H,23,26). The van der Waals surface area contributed by atoms with Gasteiger partial charge < -0.3 is 9.88 Å². The van der Waals surface area contributed by atoms with Crippen LogP contribution < -0.4 is 5.32 Å². The summed E-state index contributed by atoms with van der Waals surface area (Å²) >= 11 is 0. The van der Waals surface area contributed by atoms with Crippen LogP contribution >= 0.6 is 0 Å². The lowest BCUT2D eigenvalue weighted by molar-refractivity contribution is 0.0942. The number of benzene rings is 2. The summed E-state index contributed by atoms with van der Waals surface area (Å²) in [6, 6.07) is 12.4. The Labute approximate surface area is 169 Å². The van der Waals surface area contributed by atoms with Gasteiger partial charge in [-0.1, -0.05) is 18.2 Å². The van der Waals surface area contributed by atoms with Gasteiger partial charge >= 0.3 is 0 Å². The van der Waals surface area contributed by atoms with E-state index in [2.05, 4.69) is 11.9 Å². The average molecular weight is 415 g/mol. The quantitative estimate of drug-likeness (QED) is 0.603. The van der Waals surface area contributed by atoms with Crippen molar-refractivity contribution < 1.29 is 17.6 Å². The molecule has 0 bridgehead atoms. The van der Waals surface area contributed by atoms with Gasteiger partial charge in [0.15, 0.2) is 0 Å². The minimum atomic E-state index is -3.59. The Hall–Kier alpha value is -2.97. The lowest BCUT2D eigenvalue weighted by Crippen LogP contribution is -2.25. The third-order valence-corrected chi connectivity index (χ3v) is 6.35. The fourth-order valence-corrected chi connectivity index (χ4v) is 3.99. The van der Waals surface area contributed by atoms with Crippen LogP contribution in [0.25, 0.3) is 10.9 Å². The highest BCUT2D eigenvalue weighted by atomic mass is 32.2. The predicted octanol–water partition coefficient (Wildman–Crippen LogP) is 3.15. The maximum absolute atomic E-state index is 13.3. The molecule has 3 aromatic rings. The predicted molar refractivity (Wildman–Crippen MR) is 111 cm³/mol. The number of amides is 1. The molecule has 0 atom stereocenters. The minimum absolute atomic E-state index is 0.150. The maximum atomic E-state index is 13.3. The molecular formula is C21H22FN3O3S. The number of aromatic nitrogens is 1. The SMILES string of the molecule is C=CCn1c(C(=O)NCc2cccc(F)c2)cc2cc(S(=O)(=O)N(C)C)ccc21. The van der Waals surface area contributed by atoms with Gasteiger partial charge in [0.05, 0.1) is 4.90 Å². The molecule has 0 aliphatic heterocycles. The lowest BCUT2D eigenvalue weighted by atomic mass is 10.2. The van der Waals surface area contributed by atoms with Crippen LogP contribution in [0.15, 0.2) is 66.1 Å². The second kappa shape index (κ2) is 8.18. The van der Waals surface area contributed by atoms with Crippen molar-refractivity contribution in [3.8, 4) is 0 Å². The molecule has 1 heterocycles. The zero-order chi connectivity index (χ0) is 21.2. The third-order valence-electron chi connectivity index (χ3n) is 4.54. The summed E-state index contributed by atoms with van der Waals surface area (Å²) in [5.41, 5.74) is 1.73. The Morgan fingerprint density at radius 3 is 2.62 bits per heavy atom. The lowest BCUT2D eigenvalue weighted by Gasteiger charge is -2.12. The second-order valence-electron chi connectivity index (χ2n) is 6.75. The average Bonchev–Trinajstić information content (AvgIpc) is 3.04. The summed E-state index contributed by atoms with van der Waals surface area (Å²) in [5.74, 6) is -0.712. The molecular weight excluding hydrogens is 393 g/mol. The second-order valence-corrected chi connectivity index (χ2v) is 8.90. The van der Waals surface area contributed by atoms with E-state index in [0.717, 1.165) is 9.82 Å². The van der Waals surface area contributed by atoms with Crippen LogP contribution in [0.4, 0.5) is 4.39 Å². The number of nitrogens with zero attached hydrogens (tertiary/aromatic N) is 2. The summed E-state index contributed by atoms with van der Waals surface area (Å²) in [5, 5.41) is 3.41. The molecule has 0 unspecified atom stereocenters. The van der Waals surface area contributed by atoms with Crippen LogP contribution in [0.3, 0.4) is 0 Å². The molecule has 152 valence electrons. The number of carbonyl (C=O) groups excluding carboxylic acids is 1. The van der Waals surface area contributed by atoms with Crippen molar-refractivity contribution in [1.82, 2.24) is 14.2 Å². The van der Waals surface area contributed by atoms with Gasteiger partial charge in [-0.25, -0.2) is 17.1 Å². The first-order valence-corrected chi connectivity index (χ1v) is 10.4. The number of hydrogen-bond donors (Lipinski definition) is 1. The van der Waals surface area contributed by atoms with Gasteiger partial charge in [0.25, 0.3) is 5.91 Å². The highest BCUT2D eigenvalue weighted by Gasteiger charge is 2.20. The fraction of sp³-hybridized carbons (Fsp3) is 0.190. The molecule has 1 N–H and O–H groups in total. The monoisotopic (exact) mass is 415 g/mol. The first kappa shape index (κ1) is 20.8. The molecule has 1 amide bonds. The smallest absolute Gasteiger partial charge is 0.268 e. The maximum Gasteiger partial charge on any atom is 0.268 e. The van der Waals surface area contributed by atoms with Gasteiger partial charge in [-0.3, -0.25) is 4.79 Å². The van der Waals surface area contributed by atoms with E-state index in [-0.39, 0.29) is 23.2 Å². The summed E-state index contributed by atoms with van der Waals surface area (Å²) in [4.78, 5) is 12.9. The Morgan fingerprint density at radius 2 is 1.97 bits per heavy atom. The first-order valence-electron chi connectivity index (χ1n) is 8.93. The van der Waals surface area contributed by atoms with Gasteiger partial charge in [0.2, 0.25) is 10.0 Å². The molecule has 0 saturated carbocycles. The van der Waals surface area contributed by atoms with Crippen molar-refractivity contribution >= 4 is 26.8 Å².